The van der Waals surface area contributed by atoms with Gasteiger partial charge in [-0.1, -0.05) is 19.9 Å². The molecule has 0 aromatic carbocycles. The number of nitrogens with one attached hydrogen (secondary N) is 2. The molecule has 2 N–H and O–H groups in total. The zero-order valence-corrected chi connectivity index (χ0v) is 14.4. The van der Waals surface area contributed by atoms with Gasteiger partial charge < -0.3 is 15.1 Å². The summed E-state index contributed by atoms with van der Waals surface area (Å²) in [5, 5.41) is 7.67. The van der Waals surface area contributed by atoms with Crippen molar-refractivity contribution < 1.29 is 14.0 Å². The standard InChI is InChI=1S/C17H22N2O3S/c1-11(2)10-13(15-7-5-9-23-15)19-16(20)12(3)18-17(21)14-6-4-8-22-14/h4-9,11-13H,10H2,1-3H3,(H,18,21)(H,19,20)/t12-,13+/m0/s1. The molecule has 2 aromatic rings. The van der Waals surface area contributed by atoms with Gasteiger partial charge in [0.15, 0.2) is 5.76 Å². The fourth-order valence-corrected chi connectivity index (χ4v) is 3.04. The number of thiophene rings is 1. The summed E-state index contributed by atoms with van der Waals surface area (Å²) >= 11 is 1.62. The molecule has 2 atom stereocenters. The molecular weight excluding hydrogens is 312 g/mol. The molecule has 0 radical (unpaired) electrons. The van der Waals surface area contributed by atoms with E-state index in [4.69, 9.17) is 4.42 Å². The molecule has 0 saturated heterocycles. The van der Waals surface area contributed by atoms with Crippen molar-refractivity contribution in [2.24, 2.45) is 5.92 Å². The maximum absolute atomic E-state index is 12.4. The zero-order chi connectivity index (χ0) is 16.8. The van der Waals surface area contributed by atoms with Crippen LogP contribution in [0.5, 0.6) is 0 Å². The van der Waals surface area contributed by atoms with Gasteiger partial charge in [-0.05, 0) is 42.8 Å². The van der Waals surface area contributed by atoms with E-state index in [-0.39, 0.29) is 17.7 Å². The van der Waals surface area contributed by atoms with Crippen LogP contribution < -0.4 is 10.6 Å². The van der Waals surface area contributed by atoms with Gasteiger partial charge in [0.05, 0.1) is 12.3 Å². The Morgan fingerprint density at radius 2 is 1.96 bits per heavy atom. The van der Waals surface area contributed by atoms with Crippen molar-refractivity contribution in [1.82, 2.24) is 10.6 Å². The molecule has 5 nitrogen and oxygen atoms in total. The van der Waals surface area contributed by atoms with Gasteiger partial charge in [-0.25, -0.2) is 0 Å². The lowest BCUT2D eigenvalue weighted by atomic mass is 10.0. The van der Waals surface area contributed by atoms with Crippen LogP contribution in [0.15, 0.2) is 40.3 Å². The zero-order valence-electron chi connectivity index (χ0n) is 13.5. The summed E-state index contributed by atoms with van der Waals surface area (Å²) in [4.78, 5) is 25.4. The molecule has 2 rings (SSSR count). The second kappa shape index (κ2) is 7.97. The van der Waals surface area contributed by atoms with Gasteiger partial charge in [0.25, 0.3) is 5.91 Å². The lowest BCUT2D eigenvalue weighted by Gasteiger charge is -2.22. The molecule has 0 bridgehead atoms. The van der Waals surface area contributed by atoms with Gasteiger partial charge in [0, 0.05) is 4.88 Å². The maximum Gasteiger partial charge on any atom is 0.287 e. The SMILES string of the molecule is CC(C)C[C@@H](NC(=O)[C@H](C)NC(=O)c1ccco1)c1cccs1. The average molecular weight is 334 g/mol. The normalized spacial score (nSPS) is 13.6. The molecule has 6 heteroatoms. The third-order valence-corrected chi connectivity index (χ3v) is 4.38. The van der Waals surface area contributed by atoms with Gasteiger partial charge in [0.1, 0.15) is 6.04 Å². The van der Waals surface area contributed by atoms with Crippen LogP contribution in [0.3, 0.4) is 0 Å². The van der Waals surface area contributed by atoms with Crippen LogP contribution in [0.4, 0.5) is 0 Å². The molecule has 0 spiro atoms. The van der Waals surface area contributed by atoms with E-state index in [0.29, 0.717) is 5.92 Å². The largest absolute Gasteiger partial charge is 0.459 e. The second-order valence-corrected chi connectivity index (χ2v) is 6.86. The molecule has 2 heterocycles. The summed E-state index contributed by atoms with van der Waals surface area (Å²) in [7, 11) is 0. The highest BCUT2D eigenvalue weighted by molar-refractivity contribution is 7.10. The van der Waals surface area contributed by atoms with E-state index in [9.17, 15) is 9.59 Å². The molecule has 23 heavy (non-hydrogen) atoms. The van der Waals surface area contributed by atoms with Crippen molar-refractivity contribution in [3.05, 3.63) is 46.5 Å². The molecule has 124 valence electrons. The monoisotopic (exact) mass is 334 g/mol. The smallest absolute Gasteiger partial charge is 0.287 e. The van der Waals surface area contributed by atoms with Crippen LogP contribution in [0.2, 0.25) is 0 Å². The lowest BCUT2D eigenvalue weighted by Crippen LogP contribution is -2.45. The highest BCUT2D eigenvalue weighted by Crippen LogP contribution is 2.25. The van der Waals surface area contributed by atoms with E-state index < -0.39 is 11.9 Å². The minimum Gasteiger partial charge on any atom is -0.459 e. The van der Waals surface area contributed by atoms with Gasteiger partial charge in [0.2, 0.25) is 5.91 Å². The summed E-state index contributed by atoms with van der Waals surface area (Å²) in [5.41, 5.74) is 0. The molecule has 0 unspecified atom stereocenters. The number of rotatable bonds is 7. The Bertz CT molecular complexity index is 620. The Morgan fingerprint density at radius 3 is 2.52 bits per heavy atom. The van der Waals surface area contributed by atoms with E-state index in [2.05, 4.69) is 24.5 Å². The maximum atomic E-state index is 12.4. The fourth-order valence-electron chi connectivity index (χ4n) is 2.24. The second-order valence-electron chi connectivity index (χ2n) is 5.88. The van der Waals surface area contributed by atoms with Crippen molar-refractivity contribution in [3.63, 3.8) is 0 Å². The van der Waals surface area contributed by atoms with Gasteiger partial charge in [-0.2, -0.15) is 0 Å². The summed E-state index contributed by atoms with van der Waals surface area (Å²) in [6, 6.07) is 6.52. The van der Waals surface area contributed by atoms with Crippen LogP contribution in [0, 0.1) is 5.92 Å². The lowest BCUT2D eigenvalue weighted by molar-refractivity contribution is -0.123. The molecule has 2 amide bonds. The predicted octanol–water partition coefficient (Wildman–Crippen LogP) is 3.36. The topological polar surface area (TPSA) is 71.3 Å². The van der Waals surface area contributed by atoms with Crippen LogP contribution in [0.25, 0.3) is 0 Å². The number of carbonyl (C=O) groups is 2. The summed E-state index contributed by atoms with van der Waals surface area (Å²) in [6.45, 7) is 5.90. The van der Waals surface area contributed by atoms with Crippen molar-refractivity contribution >= 4 is 23.2 Å². The van der Waals surface area contributed by atoms with Crippen LogP contribution in [-0.2, 0) is 4.79 Å². The Kier molecular flexibility index (Phi) is 5.98. The third kappa shape index (κ3) is 4.96. The quantitative estimate of drug-likeness (QED) is 0.815. The molecule has 0 aliphatic rings. The Morgan fingerprint density at radius 1 is 1.17 bits per heavy atom. The number of furan rings is 1. The molecule has 0 aliphatic carbocycles. The van der Waals surface area contributed by atoms with Crippen molar-refractivity contribution in [3.8, 4) is 0 Å². The molecule has 0 fully saturated rings. The minimum atomic E-state index is -0.637. The van der Waals surface area contributed by atoms with Crippen molar-refractivity contribution in [2.45, 2.75) is 39.3 Å². The molecule has 2 aromatic heterocycles. The average Bonchev–Trinajstić information content (AvgIpc) is 3.19. The number of hydrogen-bond donors (Lipinski definition) is 2. The number of hydrogen-bond acceptors (Lipinski definition) is 4. The minimum absolute atomic E-state index is 0.0366. The molecule has 0 aliphatic heterocycles. The number of amides is 2. The molecular formula is C17H22N2O3S. The number of carbonyl (C=O) groups excluding carboxylic acids is 2. The first kappa shape index (κ1) is 17.3. The first-order valence-electron chi connectivity index (χ1n) is 7.65. The predicted molar refractivity (Wildman–Crippen MR) is 90.3 cm³/mol. The van der Waals surface area contributed by atoms with Crippen LogP contribution >= 0.6 is 11.3 Å². The summed E-state index contributed by atoms with van der Waals surface area (Å²) in [6.07, 6.45) is 2.28. The highest BCUT2D eigenvalue weighted by Gasteiger charge is 2.22. The Balaban J connectivity index is 1.96. The Hall–Kier alpha value is -2.08. The van der Waals surface area contributed by atoms with E-state index in [1.54, 1.807) is 30.4 Å². The van der Waals surface area contributed by atoms with E-state index in [1.807, 2.05) is 17.5 Å². The van der Waals surface area contributed by atoms with Crippen molar-refractivity contribution in [1.29, 1.82) is 0 Å². The van der Waals surface area contributed by atoms with Gasteiger partial charge in [-0.15, -0.1) is 11.3 Å². The molecule has 0 saturated carbocycles. The first-order chi connectivity index (χ1) is 11.0. The van der Waals surface area contributed by atoms with E-state index >= 15 is 0 Å². The van der Waals surface area contributed by atoms with Gasteiger partial charge >= 0.3 is 0 Å². The van der Waals surface area contributed by atoms with Crippen LogP contribution in [0.1, 0.15) is 48.7 Å². The van der Waals surface area contributed by atoms with Crippen LogP contribution in [-0.4, -0.2) is 17.9 Å². The first-order valence-corrected chi connectivity index (χ1v) is 8.53. The van der Waals surface area contributed by atoms with E-state index in [1.165, 1.54) is 6.26 Å². The highest BCUT2D eigenvalue weighted by atomic mass is 32.1. The summed E-state index contributed by atoms with van der Waals surface area (Å²) in [5.74, 6) is 0.0511. The van der Waals surface area contributed by atoms with E-state index in [0.717, 1.165) is 11.3 Å². The Labute approximate surface area is 140 Å². The third-order valence-electron chi connectivity index (χ3n) is 3.40. The summed E-state index contributed by atoms with van der Waals surface area (Å²) < 4.78 is 5.03. The fraction of sp³-hybridized carbons (Fsp3) is 0.412. The van der Waals surface area contributed by atoms with Gasteiger partial charge in [-0.3, -0.25) is 9.59 Å². The van der Waals surface area contributed by atoms with Crippen molar-refractivity contribution in [2.75, 3.05) is 0 Å².